The molecule has 4 aliphatic carbocycles. The van der Waals surface area contributed by atoms with Gasteiger partial charge in [-0.3, -0.25) is 0 Å². The molecule has 182 valence electrons. The first kappa shape index (κ1) is 24.6. The van der Waals surface area contributed by atoms with Crippen LogP contribution in [0.4, 0.5) is 0 Å². The van der Waals surface area contributed by atoms with Gasteiger partial charge in [-0.15, -0.1) is 0 Å². The second-order valence-corrected chi connectivity index (χ2v) is 13.4. The molecule has 2 saturated carbocycles. The van der Waals surface area contributed by atoms with E-state index in [9.17, 15) is 5.11 Å². The lowest BCUT2D eigenvalue weighted by molar-refractivity contribution is -0.0410. The lowest BCUT2D eigenvalue weighted by Crippen LogP contribution is -2.51. The van der Waals surface area contributed by atoms with Gasteiger partial charge in [0.2, 0.25) is 0 Å². The lowest BCUT2D eigenvalue weighted by atomic mass is 9.45. The Morgan fingerprint density at radius 1 is 1.00 bits per heavy atom. The average Bonchev–Trinajstić information content (AvgIpc) is 3.02. The van der Waals surface area contributed by atoms with Gasteiger partial charge in [-0.25, -0.2) is 0 Å². The molecule has 4 rings (SSSR count). The minimum absolute atomic E-state index is 0.0803. The van der Waals surface area contributed by atoms with Gasteiger partial charge >= 0.3 is 0 Å². The van der Waals surface area contributed by atoms with Crippen LogP contribution in [0.25, 0.3) is 0 Å². The molecule has 0 aromatic carbocycles. The van der Waals surface area contributed by atoms with E-state index < -0.39 is 0 Å². The third-order valence-electron chi connectivity index (χ3n) is 12.0. The van der Waals surface area contributed by atoms with Crippen molar-refractivity contribution in [3.05, 3.63) is 22.8 Å². The van der Waals surface area contributed by atoms with E-state index in [1.165, 1.54) is 57.8 Å². The third kappa shape index (κ3) is 3.50. The average molecular weight is 441 g/mol. The summed E-state index contributed by atoms with van der Waals surface area (Å²) in [7, 11) is 0. The normalized spacial score (nSPS) is 45.5. The molecule has 0 amide bonds. The molecule has 8 atom stereocenters. The highest BCUT2D eigenvalue weighted by molar-refractivity contribution is 5.38. The van der Waals surface area contributed by atoms with Crippen molar-refractivity contribution in [2.75, 3.05) is 0 Å². The van der Waals surface area contributed by atoms with Crippen LogP contribution in [-0.4, -0.2) is 11.2 Å². The summed E-state index contributed by atoms with van der Waals surface area (Å²) in [6.45, 7) is 19.8. The van der Waals surface area contributed by atoms with Crippen LogP contribution in [0.15, 0.2) is 22.8 Å². The van der Waals surface area contributed by atoms with Crippen LogP contribution in [0.2, 0.25) is 0 Å². The number of fused-ring (bicyclic) bond motifs is 4. The Kier molecular flexibility index (Phi) is 6.59. The van der Waals surface area contributed by atoms with Crippen LogP contribution in [0, 0.1) is 45.8 Å². The fraction of sp³-hybridized carbons (Fsp3) is 0.871. The molecule has 0 aromatic heterocycles. The highest BCUT2D eigenvalue weighted by atomic mass is 16.3. The van der Waals surface area contributed by atoms with Gasteiger partial charge in [-0.05, 0) is 110 Å². The number of hydrogen-bond acceptors (Lipinski definition) is 1. The standard InChI is InChI=1S/C31H52O/c1-9-23(20(2)3)11-10-21(4)24-14-18-31(8)27-13-12-25-22(5)28(32)16-17-29(25,6)26(27)15-19-30(24,31)7/h11,20-22,24-25,28,32H,9-10,12-19H2,1-8H3/b23-11+/t21-,22+,24-,25+,28+,29+,30-,31+/m1/s1. The van der Waals surface area contributed by atoms with Crippen molar-refractivity contribution in [1.82, 2.24) is 0 Å². The van der Waals surface area contributed by atoms with Crippen molar-refractivity contribution < 1.29 is 5.11 Å². The molecule has 4 aliphatic rings. The maximum Gasteiger partial charge on any atom is 0.0569 e. The lowest BCUT2D eigenvalue weighted by Gasteiger charge is -2.60. The van der Waals surface area contributed by atoms with Crippen molar-refractivity contribution in [3.63, 3.8) is 0 Å². The van der Waals surface area contributed by atoms with Gasteiger partial charge in [0.05, 0.1) is 6.10 Å². The molecule has 32 heavy (non-hydrogen) atoms. The van der Waals surface area contributed by atoms with Gasteiger partial charge in [-0.2, -0.15) is 0 Å². The molecule has 0 bridgehead atoms. The first-order chi connectivity index (χ1) is 15.0. The minimum atomic E-state index is -0.0803. The van der Waals surface area contributed by atoms with Crippen molar-refractivity contribution in [2.45, 2.75) is 126 Å². The van der Waals surface area contributed by atoms with Crippen molar-refractivity contribution in [3.8, 4) is 0 Å². The van der Waals surface area contributed by atoms with Crippen LogP contribution in [0.5, 0.6) is 0 Å². The third-order valence-corrected chi connectivity index (χ3v) is 12.0. The monoisotopic (exact) mass is 440 g/mol. The predicted octanol–water partition coefficient (Wildman–Crippen LogP) is 8.73. The molecule has 0 aliphatic heterocycles. The molecule has 0 unspecified atom stereocenters. The molecule has 0 radical (unpaired) electrons. The van der Waals surface area contributed by atoms with E-state index in [1.54, 1.807) is 5.57 Å². The fourth-order valence-electron chi connectivity index (χ4n) is 9.54. The minimum Gasteiger partial charge on any atom is -0.393 e. The molecule has 1 nitrogen and oxygen atoms in total. The van der Waals surface area contributed by atoms with E-state index in [2.05, 4.69) is 61.5 Å². The van der Waals surface area contributed by atoms with E-state index in [0.717, 1.165) is 18.3 Å². The fourth-order valence-corrected chi connectivity index (χ4v) is 9.54. The second kappa shape index (κ2) is 8.58. The number of aliphatic hydroxyl groups is 1. The van der Waals surface area contributed by atoms with Crippen LogP contribution < -0.4 is 0 Å². The van der Waals surface area contributed by atoms with E-state index in [0.29, 0.717) is 34.0 Å². The molecule has 0 spiro atoms. The summed E-state index contributed by atoms with van der Waals surface area (Å²) in [5.74, 6) is 3.46. The largest absolute Gasteiger partial charge is 0.393 e. The second-order valence-electron chi connectivity index (χ2n) is 13.4. The summed E-state index contributed by atoms with van der Waals surface area (Å²) >= 11 is 0. The van der Waals surface area contributed by atoms with Gasteiger partial charge in [0.25, 0.3) is 0 Å². The Morgan fingerprint density at radius 2 is 1.72 bits per heavy atom. The van der Waals surface area contributed by atoms with E-state index in [-0.39, 0.29) is 6.10 Å². The summed E-state index contributed by atoms with van der Waals surface area (Å²) < 4.78 is 0. The Hall–Kier alpha value is -0.560. The van der Waals surface area contributed by atoms with Crippen LogP contribution in [-0.2, 0) is 0 Å². The van der Waals surface area contributed by atoms with Crippen LogP contribution >= 0.6 is 0 Å². The van der Waals surface area contributed by atoms with Gasteiger partial charge in [0.15, 0.2) is 0 Å². The van der Waals surface area contributed by atoms with Crippen LogP contribution in [0.1, 0.15) is 120 Å². The van der Waals surface area contributed by atoms with Crippen LogP contribution in [0.3, 0.4) is 0 Å². The topological polar surface area (TPSA) is 20.2 Å². The van der Waals surface area contributed by atoms with Crippen molar-refractivity contribution in [1.29, 1.82) is 0 Å². The van der Waals surface area contributed by atoms with Crippen molar-refractivity contribution >= 4 is 0 Å². The molecule has 2 fully saturated rings. The van der Waals surface area contributed by atoms with Gasteiger partial charge < -0.3 is 5.11 Å². The summed E-state index contributed by atoms with van der Waals surface area (Å²) in [5.41, 5.74) is 6.57. The van der Waals surface area contributed by atoms with Crippen molar-refractivity contribution in [2.24, 2.45) is 45.8 Å². The Bertz CT molecular complexity index is 773. The number of aliphatic hydroxyl groups excluding tert-OH is 1. The summed E-state index contributed by atoms with van der Waals surface area (Å²) in [6, 6.07) is 0. The first-order valence-electron chi connectivity index (χ1n) is 14.1. The summed E-state index contributed by atoms with van der Waals surface area (Å²) in [5, 5.41) is 10.6. The highest BCUT2D eigenvalue weighted by Gasteiger charge is 2.62. The molecular formula is C31H52O. The van der Waals surface area contributed by atoms with Gasteiger partial charge in [0.1, 0.15) is 0 Å². The Morgan fingerprint density at radius 3 is 2.38 bits per heavy atom. The number of allylic oxidation sites excluding steroid dienone is 4. The molecular weight excluding hydrogens is 388 g/mol. The summed E-state index contributed by atoms with van der Waals surface area (Å²) in [4.78, 5) is 0. The Balaban J connectivity index is 1.62. The van der Waals surface area contributed by atoms with E-state index >= 15 is 0 Å². The molecule has 0 heterocycles. The molecule has 1 N–H and O–H groups in total. The van der Waals surface area contributed by atoms with Gasteiger partial charge in [0, 0.05) is 0 Å². The zero-order valence-electron chi connectivity index (χ0n) is 22.6. The molecule has 1 heteroatoms. The number of rotatable bonds is 5. The predicted molar refractivity (Wildman–Crippen MR) is 137 cm³/mol. The molecule has 0 saturated heterocycles. The van der Waals surface area contributed by atoms with E-state index in [4.69, 9.17) is 0 Å². The maximum atomic E-state index is 10.6. The zero-order chi connectivity index (χ0) is 23.5. The quantitative estimate of drug-likeness (QED) is 0.424. The molecule has 0 aromatic rings. The number of hydrogen-bond donors (Lipinski definition) is 1. The summed E-state index contributed by atoms with van der Waals surface area (Å²) in [6.07, 6.45) is 15.3. The smallest absolute Gasteiger partial charge is 0.0569 e. The van der Waals surface area contributed by atoms with E-state index in [1.807, 2.05) is 11.1 Å². The Labute approximate surface area is 199 Å². The zero-order valence-corrected chi connectivity index (χ0v) is 22.6. The highest BCUT2D eigenvalue weighted by Crippen LogP contribution is 2.71. The maximum absolute atomic E-state index is 10.6. The SMILES string of the molecule is CC/C(=C\C[C@@H](C)[C@H]1CC[C@@]2(C)C3=C(CC[C@]12C)[C@@]1(C)CC[C@H](O)[C@@H](C)[C@@H]1CC3)C(C)C. The van der Waals surface area contributed by atoms with Gasteiger partial charge in [-0.1, -0.05) is 78.2 Å². The first-order valence-corrected chi connectivity index (χ1v) is 14.1.